The Hall–Kier alpha value is 0.0687. The van der Waals surface area contributed by atoms with E-state index in [1.54, 1.807) is 10.0 Å². The van der Waals surface area contributed by atoms with Crippen LogP contribution in [0.1, 0.15) is 20.8 Å². The van der Waals surface area contributed by atoms with Crippen molar-refractivity contribution in [1.29, 1.82) is 0 Å². The molecule has 0 bridgehead atoms. The third kappa shape index (κ3) is 4.83. The van der Waals surface area contributed by atoms with E-state index in [1.165, 1.54) is 18.2 Å². The van der Waals surface area contributed by atoms with Crippen LogP contribution in [0.15, 0.2) is 44.2 Å². The molecule has 0 saturated heterocycles. The zero-order chi connectivity index (χ0) is 14.1. The first-order valence-corrected chi connectivity index (χ1v) is 15.4. The van der Waals surface area contributed by atoms with Crippen LogP contribution in [0.2, 0.25) is 13.3 Å². The van der Waals surface area contributed by atoms with Crippen molar-refractivity contribution in [3.05, 3.63) is 39.3 Å². The summed E-state index contributed by atoms with van der Waals surface area (Å²) in [7, 11) is 1.78. The van der Waals surface area contributed by atoms with Gasteiger partial charge >= 0.3 is 127 Å². The summed E-state index contributed by atoms with van der Waals surface area (Å²) < 4.78 is 11.1. The first-order chi connectivity index (χ1) is 9.22. The number of hydrogen-bond acceptors (Lipinski definition) is 2. The topological polar surface area (TPSA) is 9.23 Å². The second kappa shape index (κ2) is 9.09. The summed E-state index contributed by atoms with van der Waals surface area (Å²) in [5.74, 6) is 0. The van der Waals surface area contributed by atoms with E-state index in [4.69, 9.17) is 4.74 Å². The molecule has 0 unspecified atom stereocenters. The predicted molar refractivity (Wildman–Crippen MR) is 89.5 cm³/mol. The fourth-order valence-corrected chi connectivity index (χ4v) is 17.8. The first-order valence-electron chi connectivity index (χ1n) is 7.14. The molecule has 0 radical (unpaired) electrons. The molecule has 1 aromatic rings. The minimum atomic E-state index is -2.15. The van der Waals surface area contributed by atoms with Gasteiger partial charge in [0.15, 0.2) is 0 Å². The van der Waals surface area contributed by atoms with Gasteiger partial charge in [-0.05, 0) is 0 Å². The quantitative estimate of drug-likeness (QED) is 0.440. The zero-order valence-corrected chi connectivity index (χ0v) is 16.3. The molecule has 19 heavy (non-hydrogen) atoms. The Labute approximate surface area is 126 Å². The van der Waals surface area contributed by atoms with Crippen LogP contribution in [-0.2, 0) is 4.74 Å². The average molecular weight is 385 g/mol. The fourth-order valence-electron chi connectivity index (χ4n) is 2.41. The molecular weight excluding hydrogens is 359 g/mol. The Bertz CT molecular complexity index is 377. The Morgan fingerprint density at radius 3 is 2.16 bits per heavy atom. The second-order valence-electron chi connectivity index (χ2n) is 4.78. The summed E-state index contributed by atoms with van der Waals surface area (Å²) in [5.41, 5.74) is 0. The molecule has 106 valence electrons. The molecule has 0 spiro atoms. The van der Waals surface area contributed by atoms with Crippen molar-refractivity contribution in [3.8, 4) is 0 Å². The Morgan fingerprint density at radius 1 is 1.11 bits per heavy atom. The van der Waals surface area contributed by atoms with Gasteiger partial charge < -0.3 is 0 Å². The van der Waals surface area contributed by atoms with Gasteiger partial charge in [0.1, 0.15) is 0 Å². The van der Waals surface area contributed by atoms with Crippen molar-refractivity contribution in [1.82, 2.24) is 0 Å². The molecule has 0 heterocycles. The van der Waals surface area contributed by atoms with Gasteiger partial charge in [-0.15, -0.1) is 0 Å². The summed E-state index contributed by atoms with van der Waals surface area (Å²) in [4.78, 5) is 1.36. The molecule has 0 N–H and O–H groups in total. The van der Waals surface area contributed by atoms with Crippen LogP contribution in [0.4, 0.5) is 0 Å². The molecule has 0 aliphatic carbocycles. The van der Waals surface area contributed by atoms with E-state index in [9.17, 15) is 0 Å². The number of benzene rings is 1. The van der Waals surface area contributed by atoms with Crippen molar-refractivity contribution in [2.45, 2.75) is 39.0 Å². The Kier molecular flexibility index (Phi) is 8.19. The number of rotatable bonds is 8. The van der Waals surface area contributed by atoms with Crippen LogP contribution in [0, 0.1) is 0 Å². The van der Waals surface area contributed by atoms with Crippen molar-refractivity contribution < 1.29 is 4.74 Å². The molecule has 1 nitrogen and oxygen atoms in total. The van der Waals surface area contributed by atoms with Crippen molar-refractivity contribution >= 4 is 30.1 Å². The van der Waals surface area contributed by atoms with Crippen LogP contribution < -0.4 is 0 Å². The molecule has 1 rings (SSSR count). The Balaban J connectivity index is 3.00. The van der Waals surface area contributed by atoms with Crippen LogP contribution in [0.3, 0.4) is 0 Å². The minimum absolute atomic E-state index is 0.744. The van der Waals surface area contributed by atoms with Crippen LogP contribution in [0.25, 0.3) is 0 Å². The molecule has 0 aliphatic heterocycles. The fraction of sp³-hybridized carbons (Fsp3) is 0.500. The monoisotopic (exact) mass is 386 g/mol. The SMILES string of the molecule is C[CH2][Sn]([CH2]C)([CH2]C)/[C](=C\COC)Sc1ccccc1. The van der Waals surface area contributed by atoms with Gasteiger partial charge in [-0.3, -0.25) is 0 Å². The van der Waals surface area contributed by atoms with E-state index in [-0.39, 0.29) is 0 Å². The van der Waals surface area contributed by atoms with Crippen molar-refractivity contribution in [2.24, 2.45) is 0 Å². The van der Waals surface area contributed by atoms with Gasteiger partial charge in [-0.1, -0.05) is 0 Å². The van der Waals surface area contributed by atoms with E-state index in [0.29, 0.717) is 0 Å². The molecule has 0 saturated carbocycles. The van der Waals surface area contributed by atoms with E-state index < -0.39 is 18.4 Å². The van der Waals surface area contributed by atoms with E-state index in [0.717, 1.165) is 6.61 Å². The van der Waals surface area contributed by atoms with Crippen LogP contribution in [0.5, 0.6) is 0 Å². The predicted octanol–water partition coefficient (Wildman–Crippen LogP) is 5.36. The summed E-state index contributed by atoms with van der Waals surface area (Å²) in [6.45, 7) is 7.90. The maximum atomic E-state index is 5.28. The Morgan fingerprint density at radius 2 is 1.68 bits per heavy atom. The van der Waals surface area contributed by atoms with E-state index in [1.807, 2.05) is 11.8 Å². The second-order valence-corrected chi connectivity index (χ2v) is 21.8. The molecular formula is C16H26OSSn. The van der Waals surface area contributed by atoms with Gasteiger partial charge in [-0.2, -0.15) is 0 Å². The third-order valence-corrected chi connectivity index (χ3v) is 23.8. The van der Waals surface area contributed by atoms with E-state index in [2.05, 4.69) is 57.2 Å². The summed E-state index contributed by atoms with van der Waals surface area (Å²) in [5, 5.41) is 0. The number of methoxy groups -OCH3 is 1. The number of hydrogen-bond donors (Lipinski definition) is 0. The number of ether oxygens (including phenoxy) is 1. The van der Waals surface area contributed by atoms with Crippen LogP contribution >= 0.6 is 11.8 Å². The van der Waals surface area contributed by atoms with Crippen molar-refractivity contribution in [3.63, 3.8) is 0 Å². The van der Waals surface area contributed by atoms with E-state index >= 15 is 0 Å². The first kappa shape index (κ1) is 17.1. The standard InChI is InChI=1S/C10H11OS.3C2H5.Sn/c1-11-8-5-9-12-10-6-3-2-4-7-10;3*1-2;/h2-7H,8H2,1H3;3*1H2,2H3;. The van der Waals surface area contributed by atoms with Gasteiger partial charge in [-0.25, -0.2) is 0 Å². The molecule has 0 aromatic heterocycles. The summed E-state index contributed by atoms with van der Waals surface area (Å²) >= 11 is -0.165. The van der Waals surface area contributed by atoms with Gasteiger partial charge in [0.25, 0.3) is 0 Å². The van der Waals surface area contributed by atoms with Gasteiger partial charge in [0.05, 0.1) is 0 Å². The van der Waals surface area contributed by atoms with Gasteiger partial charge in [0.2, 0.25) is 0 Å². The zero-order valence-electron chi connectivity index (χ0n) is 12.6. The maximum absolute atomic E-state index is 5.28. The normalized spacial score (nSPS) is 12.7. The average Bonchev–Trinajstić information content (AvgIpc) is 2.48. The molecule has 0 atom stereocenters. The molecule has 3 heteroatoms. The van der Waals surface area contributed by atoms with Crippen LogP contribution in [-0.4, -0.2) is 32.1 Å². The molecule has 1 aromatic carbocycles. The number of thioether (sulfide) groups is 1. The molecule has 0 fully saturated rings. The third-order valence-electron chi connectivity index (χ3n) is 3.96. The summed E-state index contributed by atoms with van der Waals surface area (Å²) in [6.07, 6.45) is 2.35. The van der Waals surface area contributed by atoms with Gasteiger partial charge in [0, 0.05) is 0 Å². The molecule has 0 aliphatic rings. The molecule has 0 amide bonds. The van der Waals surface area contributed by atoms with Crippen molar-refractivity contribution in [2.75, 3.05) is 13.7 Å². The summed E-state index contributed by atoms with van der Waals surface area (Å²) in [6, 6.07) is 10.7.